The Balaban J connectivity index is -0.000000122. The number of hydrogen-bond acceptors (Lipinski definition) is 13. The number of aliphatic hydroxyl groups excluding tert-OH is 7. The first-order chi connectivity index (χ1) is 35.9. The van der Waals surface area contributed by atoms with Crippen LogP contribution >= 0.6 is 0 Å². The van der Waals surface area contributed by atoms with Crippen molar-refractivity contribution in [3.63, 3.8) is 0 Å². The van der Waals surface area contributed by atoms with Crippen molar-refractivity contribution in [1.29, 1.82) is 0 Å². The van der Waals surface area contributed by atoms with Gasteiger partial charge in [-0.15, -0.1) is 26.3 Å². The van der Waals surface area contributed by atoms with Crippen LogP contribution < -0.4 is 0 Å². The molecule has 0 saturated carbocycles. The van der Waals surface area contributed by atoms with Crippen LogP contribution in [0, 0.1) is 0 Å². The number of aldehydes is 1. The van der Waals surface area contributed by atoms with Gasteiger partial charge in [0.1, 0.15) is 6.29 Å². The van der Waals surface area contributed by atoms with Gasteiger partial charge < -0.3 is 63.7 Å². The number of aliphatic carboxylic acids is 1. The molecule has 1 rings (SSSR count). The highest BCUT2D eigenvalue weighted by Crippen LogP contribution is 2.39. The van der Waals surface area contributed by atoms with Crippen molar-refractivity contribution in [1.82, 2.24) is 0 Å². The second-order valence-electron chi connectivity index (χ2n) is 23.6. The molecule has 1 aliphatic rings. The lowest BCUT2D eigenvalue weighted by atomic mass is 10.2. The molecule has 1 fully saturated rings. The van der Waals surface area contributed by atoms with Crippen molar-refractivity contribution in [2.45, 2.75) is 291 Å². The number of carboxylic acid groups (broad SMARTS) is 1. The van der Waals surface area contributed by atoms with Crippen LogP contribution in [0.25, 0.3) is 0 Å². The molecule has 78 heavy (non-hydrogen) atoms. The maximum absolute atomic E-state index is 10.6. The maximum atomic E-state index is 10.6. The average Bonchev–Trinajstić information content (AvgIpc) is 4.16. The fraction of sp³-hybridized carbons (Fsp3) is 0.836. The van der Waals surface area contributed by atoms with Crippen molar-refractivity contribution in [3.8, 4) is 0 Å². The second-order valence-corrected chi connectivity index (χ2v) is 37.9. The molecule has 17 heteroatoms. The van der Waals surface area contributed by atoms with E-state index in [1.165, 1.54) is 12.8 Å². The van der Waals surface area contributed by atoms with Gasteiger partial charge in [-0.05, 0) is 106 Å². The molecule has 1 aliphatic heterocycles. The third-order valence-electron chi connectivity index (χ3n) is 12.8. The van der Waals surface area contributed by atoms with Crippen molar-refractivity contribution in [2.75, 3.05) is 39.6 Å². The highest BCUT2D eigenvalue weighted by molar-refractivity contribution is 6.75. The zero-order valence-corrected chi connectivity index (χ0v) is 57.6. The molecule has 6 atom stereocenters. The molecule has 0 aromatic heterocycles. The number of rotatable bonds is 29. The van der Waals surface area contributed by atoms with Crippen molar-refractivity contribution in [3.05, 3.63) is 50.6 Å². The molecule has 472 valence electrons. The van der Waals surface area contributed by atoms with Gasteiger partial charge in [0.15, 0.2) is 25.0 Å². The van der Waals surface area contributed by atoms with Gasteiger partial charge in [0.05, 0.1) is 56.3 Å². The molecular weight excluding hydrogens is 1040 g/mol. The lowest BCUT2D eigenvalue weighted by Crippen LogP contribution is -2.43. The van der Waals surface area contributed by atoms with Crippen LogP contribution in [0.3, 0.4) is 0 Å². The quantitative estimate of drug-likeness (QED) is 0.0151. The summed E-state index contributed by atoms with van der Waals surface area (Å²) >= 11 is 0. The SMILES string of the molecule is C=C[C@@H](CC(=O)O)O[Si](C)(C)C(C)(C)C.C=C[C@@H](CCC)O[Si](C)(C)C(C)(C)C.C=C[C@@H](CCO)O[Si](C)(C)C(C)(C)C.C=C[C@H](O)CCC.CCCC=O.CCCCO.CCC[C@@H](O)CO.CCC[C@@H]1CO1.OCCCO. The second kappa shape index (κ2) is 57.1. The van der Waals surface area contributed by atoms with Gasteiger partial charge in [-0.1, -0.05) is 160 Å². The predicted molar refractivity (Wildman–Crippen MR) is 341 cm³/mol. The first kappa shape index (κ1) is 92.8. The number of carbonyl (C=O) groups excluding carboxylic acids is 1. The Labute approximate surface area is 485 Å². The summed E-state index contributed by atoms with van der Waals surface area (Å²) in [5.41, 5.74) is 0. The normalized spacial score (nSPS) is 14.7. The number of hydrogen-bond donors (Lipinski definition) is 8. The van der Waals surface area contributed by atoms with Crippen molar-refractivity contribution in [2.24, 2.45) is 0 Å². The summed E-state index contributed by atoms with van der Waals surface area (Å²) in [6.45, 7) is 61.6. The standard InChI is InChI=1S/C12H26OSi.C11H22O3Si.C11H24O2Si.C6H12O.C5H12O2.C5H10O.C4H10O.C4H8O.C3H8O2/c1-8-10-11(9-2)13-14(6,7)12(3,4)5;1-7-9(8-10(12)13)14-15(5,6)11(2,3)4;1-7-10(8-9-12)13-14(5,6)11(2,3)4;1-3-5-6(7)4-2;1-2-3-5(7)4-6;1-2-3-5-4-6-5;2*1-2-3-4-5;4-2-1-3-5/h9,11H,2,8,10H2,1,3-7H3;7,9H,1,8H2,2-6H3,(H,12,13);7,10,12H,1,8-9H2,2-6H3;4,6-7H,2-3,5H2,1H3;5-7H,2-4H2,1H3;5H,2-4H2,1H3;5H,2-4H2,1H3;4H,2-3H2,1H3;4-5H,1-3H2/t11-;9-;10-;6-;2*5-;;;/m000011.../s1. The van der Waals surface area contributed by atoms with Gasteiger partial charge in [0.2, 0.25) is 0 Å². The Kier molecular flexibility index (Phi) is 67.9. The molecule has 1 saturated heterocycles. The third kappa shape index (κ3) is 65.1. The summed E-state index contributed by atoms with van der Waals surface area (Å²) in [4.78, 5) is 20.0. The van der Waals surface area contributed by atoms with Gasteiger partial charge in [-0.2, -0.15) is 0 Å². The monoisotopic (exact) mass is 1170 g/mol. The minimum Gasteiger partial charge on any atom is -0.481 e. The third-order valence-corrected chi connectivity index (χ3v) is 26.4. The Hall–Kier alpha value is -1.69. The first-order valence-corrected chi connectivity index (χ1v) is 37.8. The summed E-state index contributed by atoms with van der Waals surface area (Å²) in [5.74, 6) is -0.849. The Morgan fingerprint density at radius 1 is 0.551 bits per heavy atom. The van der Waals surface area contributed by atoms with E-state index in [1.807, 2.05) is 26.8 Å². The van der Waals surface area contributed by atoms with Crippen LogP contribution in [-0.2, 0) is 27.6 Å². The van der Waals surface area contributed by atoms with Crippen LogP contribution in [0.1, 0.15) is 200 Å². The predicted octanol–water partition coefficient (Wildman–Crippen LogP) is 14.1. The van der Waals surface area contributed by atoms with E-state index in [-0.39, 0.29) is 67.3 Å². The largest absolute Gasteiger partial charge is 0.481 e. The molecule has 1 heterocycles. The Morgan fingerprint density at radius 3 is 1.08 bits per heavy atom. The average molecular weight is 1170 g/mol. The van der Waals surface area contributed by atoms with Gasteiger partial charge in [0.25, 0.3) is 0 Å². The molecule has 0 amide bonds. The molecule has 0 aromatic carbocycles. The number of carbonyl (C=O) groups is 2. The molecule has 0 aliphatic carbocycles. The molecule has 0 spiro atoms. The fourth-order valence-corrected chi connectivity index (χ4v) is 8.55. The van der Waals surface area contributed by atoms with E-state index in [2.05, 4.69) is 149 Å². The van der Waals surface area contributed by atoms with Crippen molar-refractivity contribution >= 4 is 37.2 Å². The minimum atomic E-state index is -1.89. The molecule has 0 aromatic rings. The number of aliphatic hydroxyl groups is 7. The van der Waals surface area contributed by atoms with E-state index < -0.39 is 37.0 Å². The highest BCUT2D eigenvalue weighted by Gasteiger charge is 2.40. The summed E-state index contributed by atoms with van der Waals surface area (Å²) in [6, 6.07) is 0. The van der Waals surface area contributed by atoms with E-state index in [1.54, 1.807) is 18.2 Å². The van der Waals surface area contributed by atoms with Crippen LogP contribution in [0.5, 0.6) is 0 Å². The van der Waals surface area contributed by atoms with E-state index in [9.17, 15) is 9.59 Å². The van der Waals surface area contributed by atoms with E-state index in [0.717, 1.165) is 64.3 Å². The van der Waals surface area contributed by atoms with Crippen LogP contribution in [0.2, 0.25) is 54.4 Å². The van der Waals surface area contributed by atoms with E-state index in [4.69, 9.17) is 58.9 Å². The van der Waals surface area contributed by atoms with E-state index >= 15 is 0 Å². The lowest BCUT2D eigenvalue weighted by Gasteiger charge is -2.38. The molecule has 0 radical (unpaired) electrons. The Morgan fingerprint density at radius 2 is 0.923 bits per heavy atom. The molecule has 14 nitrogen and oxygen atoms in total. The number of unbranched alkanes of at least 4 members (excludes halogenated alkanes) is 2. The molecule has 0 bridgehead atoms. The first-order valence-electron chi connectivity index (χ1n) is 29.1. The smallest absolute Gasteiger partial charge is 0.306 e. The lowest BCUT2D eigenvalue weighted by molar-refractivity contribution is -0.138. The molecule has 0 unspecified atom stereocenters. The van der Waals surface area contributed by atoms with Gasteiger partial charge in [-0.25, -0.2) is 0 Å². The Bertz CT molecular complexity index is 1290. The van der Waals surface area contributed by atoms with Crippen LogP contribution in [-0.4, -0.2) is 154 Å². The minimum absolute atomic E-state index is 0.000826. The fourth-order valence-electron chi connectivity index (χ4n) is 4.61. The van der Waals surface area contributed by atoms with Crippen LogP contribution in [0.4, 0.5) is 0 Å². The number of ether oxygens (including phenoxy) is 1. The maximum Gasteiger partial charge on any atom is 0.306 e. The molecule has 8 N–H and O–H groups in total. The van der Waals surface area contributed by atoms with Crippen LogP contribution in [0.15, 0.2) is 50.6 Å². The van der Waals surface area contributed by atoms with Gasteiger partial charge in [0, 0.05) is 32.8 Å². The number of epoxide rings is 1. The number of carboxylic acids is 1. The van der Waals surface area contributed by atoms with Crippen molar-refractivity contribution < 1.29 is 68.5 Å². The topological polar surface area (TPSA) is 236 Å². The summed E-state index contributed by atoms with van der Waals surface area (Å²) in [7, 11) is -5.20. The molecular formula is C61H132O14Si3. The summed E-state index contributed by atoms with van der Waals surface area (Å²) in [6.07, 6.45) is 20.7. The van der Waals surface area contributed by atoms with E-state index in [0.29, 0.717) is 43.4 Å². The van der Waals surface area contributed by atoms with Gasteiger partial charge >= 0.3 is 5.97 Å². The summed E-state index contributed by atoms with van der Waals surface area (Å²) < 4.78 is 23.1. The van der Waals surface area contributed by atoms with Gasteiger partial charge in [-0.3, -0.25) is 4.79 Å². The summed E-state index contributed by atoms with van der Waals surface area (Å²) in [5, 5.41) is 67.6. The zero-order valence-electron chi connectivity index (χ0n) is 54.6. The zero-order chi connectivity index (χ0) is 63.3. The highest BCUT2D eigenvalue weighted by atomic mass is 28.4.